The maximum Gasteiger partial charge on any atom is 0.338 e. The highest BCUT2D eigenvalue weighted by Crippen LogP contribution is 2.32. The van der Waals surface area contributed by atoms with E-state index in [2.05, 4.69) is 5.32 Å². The van der Waals surface area contributed by atoms with Crippen molar-refractivity contribution >= 4 is 29.4 Å². The molecule has 0 spiro atoms. The second-order valence-electron chi connectivity index (χ2n) is 7.87. The highest BCUT2D eigenvalue weighted by molar-refractivity contribution is 6.21. The molecule has 2 aliphatic heterocycles. The smallest absolute Gasteiger partial charge is 0.338 e. The van der Waals surface area contributed by atoms with Crippen molar-refractivity contribution in [3.63, 3.8) is 0 Å². The molecule has 2 aromatic carbocycles. The minimum absolute atomic E-state index is 0.0147. The van der Waals surface area contributed by atoms with Gasteiger partial charge in [0.2, 0.25) is 0 Å². The van der Waals surface area contributed by atoms with Gasteiger partial charge >= 0.3 is 5.97 Å². The number of hydrogen-bond acceptors (Lipinski definition) is 8. The molecule has 0 bridgehead atoms. The number of benzene rings is 2. The Morgan fingerprint density at radius 3 is 2.54 bits per heavy atom. The first-order valence-corrected chi connectivity index (χ1v) is 10.9. The van der Waals surface area contributed by atoms with Crippen molar-refractivity contribution in [1.29, 1.82) is 0 Å². The van der Waals surface area contributed by atoms with Crippen molar-refractivity contribution < 1.29 is 37.8 Å². The number of nitrogens with zero attached hydrogens (tertiary/aromatic N) is 1. The van der Waals surface area contributed by atoms with E-state index in [0.29, 0.717) is 36.2 Å². The molecule has 0 saturated carbocycles. The van der Waals surface area contributed by atoms with Gasteiger partial charge in [0.25, 0.3) is 17.7 Å². The molecule has 3 amide bonds. The minimum Gasteiger partial charge on any atom is -0.490 e. The molecule has 10 nitrogen and oxygen atoms in total. The second kappa shape index (κ2) is 9.34. The molecule has 2 aliphatic rings. The van der Waals surface area contributed by atoms with E-state index in [-0.39, 0.29) is 23.2 Å². The number of ether oxygens (including phenoxy) is 3. The van der Waals surface area contributed by atoms with Gasteiger partial charge in [-0.25, -0.2) is 4.79 Å². The summed E-state index contributed by atoms with van der Waals surface area (Å²) in [5.41, 5.74) is 0.791. The zero-order valence-corrected chi connectivity index (χ0v) is 18.4. The largest absolute Gasteiger partial charge is 0.490 e. The lowest BCUT2D eigenvalue weighted by atomic mass is 10.1. The van der Waals surface area contributed by atoms with Crippen LogP contribution >= 0.6 is 0 Å². The quantitative estimate of drug-likeness (QED) is 0.425. The molecule has 35 heavy (non-hydrogen) atoms. The van der Waals surface area contributed by atoms with E-state index in [1.165, 1.54) is 24.5 Å². The third-order valence-corrected chi connectivity index (χ3v) is 5.47. The third kappa shape index (κ3) is 4.58. The molecule has 1 aromatic heterocycles. The fourth-order valence-corrected chi connectivity index (χ4v) is 3.77. The number of carbonyl (C=O) groups excluding carboxylic acids is 4. The topological polar surface area (TPSA) is 124 Å². The van der Waals surface area contributed by atoms with Crippen LogP contribution in [0.25, 0.3) is 0 Å². The van der Waals surface area contributed by atoms with Crippen LogP contribution in [0.15, 0.2) is 59.2 Å². The summed E-state index contributed by atoms with van der Waals surface area (Å²) in [6.45, 7) is 0.512. The van der Waals surface area contributed by atoms with Gasteiger partial charge in [0.05, 0.1) is 42.7 Å². The first kappa shape index (κ1) is 22.2. The Bertz CT molecular complexity index is 1320. The molecule has 3 heterocycles. The molecule has 178 valence electrons. The van der Waals surface area contributed by atoms with Crippen LogP contribution in [0.5, 0.6) is 11.5 Å². The van der Waals surface area contributed by atoms with E-state index < -0.39 is 30.3 Å². The van der Waals surface area contributed by atoms with Crippen molar-refractivity contribution in [2.45, 2.75) is 13.0 Å². The lowest BCUT2D eigenvalue weighted by Crippen LogP contribution is -2.28. The summed E-state index contributed by atoms with van der Waals surface area (Å²) in [6, 6.07) is 12.4. The van der Waals surface area contributed by atoms with Gasteiger partial charge in [-0.15, -0.1) is 0 Å². The highest BCUT2D eigenvalue weighted by atomic mass is 16.5. The van der Waals surface area contributed by atoms with Crippen LogP contribution in [-0.2, 0) is 16.1 Å². The second-order valence-corrected chi connectivity index (χ2v) is 7.87. The predicted molar refractivity (Wildman–Crippen MR) is 120 cm³/mol. The normalized spacial score (nSPS) is 14.3. The third-order valence-electron chi connectivity index (χ3n) is 5.47. The number of furan rings is 1. The van der Waals surface area contributed by atoms with Crippen LogP contribution in [0.1, 0.15) is 43.3 Å². The summed E-state index contributed by atoms with van der Waals surface area (Å²) in [5.74, 6) is -0.788. The molecule has 0 fully saturated rings. The van der Waals surface area contributed by atoms with Gasteiger partial charge in [0.15, 0.2) is 18.1 Å². The Kier molecular flexibility index (Phi) is 5.92. The van der Waals surface area contributed by atoms with Gasteiger partial charge in [-0.2, -0.15) is 0 Å². The molecule has 0 radical (unpaired) electrons. The number of rotatable bonds is 6. The first-order chi connectivity index (χ1) is 17.0. The molecular weight excluding hydrogens is 456 g/mol. The summed E-state index contributed by atoms with van der Waals surface area (Å²) in [4.78, 5) is 51.1. The minimum atomic E-state index is -0.800. The number of carbonyl (C=O) groups is 4. The van der Waals surface area contributed by atoms with E-state index in [4.69, 9.17) is 18.6 Å². The van der Waals surface area contributed by atoms with E-state index in [9.17, 15) is 19.2 Å². The van der Waals surface area contributed by atoms with Gasteiger partial charge in [0, 0.05) is 18.2 Å². The average Bonchev–Trinajstić information content (AvgIpc) is 3.37. The van der Waals surface area contributed by atoms with Crippen LogP contribution in [-0.4, -0.2) is 48.4 Å². The van der Waals surface area contributed by atoms with E-state index in [0.717, 1.165) is 11.3 Å². The molecular formula is C25H20N2O8. The lowest BCUT2D eigenvalue weighted by Gasteiger charge is -2.11. The zero-order chi connectivity index (χ0) is 24.4. The number of fused-ring (bicyclic) bond motifs is 2. The number of amides is 3. The maximum atomic E-state index is 12.7. The van der Waals surface area contributed by atoms with Crippen LogP contribution < -0.4 is 14.8 Å². The maximum absolute atomic E-state index is 12.7. The van der Waals surface area contributed by atoms with Crippen LogP contribution in [0.2, 0.25) is 0 Å². The van der Waals surface area contributed by atoms with E-state index >= 15 is 0 Å². The van der Waals surface area contributed by atoms with Crippen molar-refractivity contribution in [1.82, 2.24) is 4.90 Å². The molecule has 1 N–H and O–H groups in total. The first-order valence-electron chi connectivity index (χ1n) is 10.9. The van der Waals surface area contributed by atoms with Crippen LogP contribution in [0, 0.1) is 0 Å². The lowest BCUT2D eigenvalue weighted by molar-refractivity contribution is -0.119. The Hall–Kier alpha value is -4.60. The summed E-state index contributed by atoms with van der Waals surface area (Å²) in [7, 11) is 0. The van der Waals surface area contributed by atoms with Crippen molar-refractivity contribution in [3.05, 3.63) is 77.2 Å². The summed E-state index contributed by atoms with van der Waals surface area (Å²) in [5, 5.41) is 2.63. The molecule has 0 aliphatic carbocycles. The van der Waals surface area contributed by atoms with E-state index in [1.807, 2.05) is 0 Å². The van der Waals surface area contributed by atoms with Gasteiger partial charge < -0.3 is 23.9 Å². The van der Waals surface area contributed by atoms with Gasteiger partial charge in [-0.3, -0.25) is 19.3 Å². The standard InChI is InChI=1S/C25H20N2O8/c28-22(26-16-5-7-20-21(12-16)34-10-2-9-33-20)14-35-25(31)15-4-6-18-19(11-15)24(30)27(23(18)29)13-17-3-1-8-32-17/h1,3-8,11-12H,2,9-10,13-14H2,(H,26,28). The molecule has 0 unspecified atom stereocenters. The number of hydrogen-bond donors (Lipinski definition) is 1. The Morgan fingerprint density at radius 1 is 0.943 bits per heavy atom. The number of esters is 1. The molecule has 0 atom stereocenters. The van der Waals surface area contributed by atoms with Gasteiger partial charge in [-0.1, -0.05) is 0 Å². The Labute approximate surface area is 199 Å². The van der Waals surface area contributed by atoms with Gasteiger partial charge in [0.1, 0.15) is 5.76 Å². The van der Waals surface area contributed by atoms with Crippen molar-refractivity contribution in [2.24, 2.45) is 0 Å². The summed E-state index contributed by atoms with van der Waals surface area (Å²) < 4.78 is 21.5. The SMILES string of the molecule is O=C(COC(=O)c1ccc2c(c1)C(=O)N(Cc1ccco1)C2=O)Nc1ccc2c(c1)OCCCO2. The van der Waals surface area contributed by atoms with Gasteiger partial charge in [-0.05, 0) is 42.5 Å². The van der Waals surface area contributed by atoms with Crippen LogP contribution in [0.3, 0.4) is 0 Å². The van der Waals surface area contributed by atoms with Crippen molar-refractivity contribution in [2.75, 3.05) is 25.1 Å². The number of nitrogens with one attached hydrogen (secondary N) is 1. The fraction of sp³-hybridized carbons (Fsp3) is 0.200. The summed E-state index contributed by atoms with van der Waals surface area (Å²) >= 11 is 0. The monoisotopic (exact) mass is 476 g/mol. The summed E-state index contributed by atoms with van der Waals surface area (Å²) in [6.07, 6.45) is 2.21. The average molecular weight is 476 g/mol. The fourth-order valence-electron chi connectivity index (χ4n) is 3.77. The van der Waals surface area contributed by atoms with Crippen LogP contribution in [0.4, 0.5) is 5.69 Å². The Balaban J connectivity index is 1.20. The highest BCUT2D eigenvalue weighted by Gasteiger charge is 2.36. The Morgan fingerprint density at radius 2 is 1.74 bits per heavy atom. The molecule has 5 rings (SSSR count). The molecule has 10 heteroatoms. The zero-order valence-electron chi connectivity index (χ0n) is 18.4. The van der Waals surface area contributed by atoms with Crippen molar-refractivity contribution in [3.8, 4) is 11.5 Å². The number of anilines is 1. The molecule has 0 saturated heterocycles. The predicted octanol–water partition coefficient (Wildman–Crippen LogP) is 3.03. The van der Waals surface area contributed by atoms with E-state index in [1.54, 1.807) is 30.3 Å². The molecule has 3 aromatic rings. The number of imide groups is 1.